The average molecular weight is 505 g/mol. The zero-order valence-corrected chi connectivity index (χ0v) is 19.2. The molecule has 3 rings (SSSR count). The summed E-state index contributed by atoms with van der Waals surface area (Å²) in [6.07, 6.45) is 0. The van der Waals surface area contributed by atoms with Crippen molar-refractivity contribution in [1.82, 2.24) is 0 Å². The first kappa shape index (κ1) is 24.8. The van der Waals surface area contributed by atoms with E-state index in [0.717, 1.165) is 0 Å². The summed E-state index contributed by atoms with van der Waals surface area (Å²) in [4.78, 5) is 26.8. The number of halogens is 2. The highest BCUT2D eigenvalue weighted by atomic mass is 35.5. The molecule has 0 amide bonds. The van der Waals surface area contributed by atoms with Gasteiger partial charge in [-0.25, -0.2) is 4.79 Å². The van der Waals surface area contributed by atoms with E-state index in [0.29, 0.717) is 22.6 Å². The van der Waals surface area contributed by atoms with Crippen LogP contribution in [0, 0.1) is 10.1 Å². The summed E-state index contributed by atoms with van der Waals surface area (Å²) in [5, 5.41) is 24.3. The fourth-order valence-electron chi connectivity index (χ4n) is 2.84. The summed E-state index contributed by atoms with van der Waals surface area (Å²) in [7, 11) is 0. The molecule has 0 saturated heterocycles. The number of carboxylic acid groups (broad SMARTS) is 1. The zero-order valence-electron chi connectivity index (χ0n) is 17.7. The Labute approximate surface area is 204 Å². The lowest BCUT2D eigenvalue weighted by Crippen LogP contribution is -2.18. The first-order valence-electron chi connectivity index (χ1n) is 9.85. The number of aliphatic carboxylic acids is 1. The van der Waals surface area contributed by atoms with E-state index in [1.54, 1.807) is 31.2 Å². The number of nitro benzene ring substituents is 1. The predicted molar refractivity (Wildman–Crippen MR) is 126 cm³/mol. The highest BCUT2D eigenvalue weighted by Crippen LogP contribution is 2.40. The van der Waals surface area contributed by atoms with Crippen molar-refractivity contribution in [1.29, 1.82) is 0 Å². The lowest BCUT2D eigenvalue weighted by molar-refractivity contribution is -0.384. The first-order chi connectivity index (χ1) is 16.3. The lowest BCUT2D eigenvalue weighted by atomic mass is 10.0. The number of ether oxygens (including phenoxy) is 2. The van der Waals surface area contributed by atoms with Gasteiger partial charge >= 0.3 is 5.97 Å². The Morgan fingerprint density at radius 1 is 1.06 bits per heavy atom. The molecule has 0 aromatic heterocycles. The first-order valence-corrected chi connectivity index (χ1v) is 10.6. The maximum atomic E-state index is 11.6. The van der Waals surface area contributed by atoms with E-state index in [4.69, 9.17) is 37.5 Å². The van der Waals surface area contributed by atoms with Gasteiger partial charge in [-0.2, -0.15) is 0 Å². The van der Waals surface area contributed by atoms with Crippen LogP contribution in [-0.2, 0) is 16.2 Å². The second kappa shape index (κ2) is 11.4. The number of hydrogen-bond donors (Lipinski definition) is 1. The Morgan fingerprint density at radius 2 is 1.71 bits per heavy atom. The topological polar surface area (TPSA) is 120 Å². The number of non-ortho nitro benzene ring substituents is 1. The molecule has 0 fully saturated rings. The Morgan fingerprint density at radius 3 is 2.29 bits per heavy atom. The van der Waals surface area contributed by atoms with Crippen molar-refractivity contribution in [3.63, 3.8) is 0 Å². The molecule has 0 aliphatic rings. The molecule has 3 aromatic carbocycles. The standard InChI is InChI=1S/C23H18Cl2N2O7/c1-2-33-26-21(23(28)29)18-6-4-3-5-14(18)13-32-17-11-19(24)22(20(25)12-17)34-16-9-7-15(8-10-16)27(30)31/h3-12H,2,13H2,1H3,(H,28,29). The number of carbonyl (C=O) groups is 1. The maximum absolute atomic E-state index is 11.6. The van der Waals surface area contributed by atoms with Crippen LogP contribution in [-0.4, -0.2) is 28.3 Å². The van der Waals surface area contributed by atoms with E-state index < -0.39 is 10.9 Å². The molecule has 1 N–H and O–H groups in total. The molecule has 0 saturated carbocycles. The molecule has 0 bridgehead atoms. The number of rotatable bonds is 10. The maximum Gasteiger partial charge on any atom is 0.358 e. The highest BCUT2D eigenvalue weighted by molar-refractivity contribution is 6.42. The molecule has 9 nitrogen and oxygen atoms in total. The number of benzene rings is 3. The minimum Gasteiger partial charge on any atom is -0.489 e. The summed E-state index contributed by atoms with van der Waals surface area (Å²) in [6, 6.07) is 15.2. The monoisotopic (exact) mass is 504 g/mol. The van der Waals surface area contributed by atoms with Crippen LogP contribution in [0.2, 0.25) is 10.0 Å². The summed E-state index contributed by atoms with van der Waals surface area (Å²) < 4.78 is 11.5. The van der Waals surface area contributed by atoms with Crippen LogP contribution in [0.15, 0.2) is 65.8 Å². The van der Waals surface area contributed by atoms with Crippen LogP contribution in [0.5, 0.6) is 17.2 Å². The van der Waals surface area contributed by atoms with Gasteiger partial charge in [0.05, 0.1) is 15.0 Å². The Kier molecular flexibility index (Phi) is 8.29. The largest absolute Gasteiger partial charge is 0.489 e. The number of oxime groups is 1. The van der Waals surface area contributed by atoms with Crippen LogP contribution < -0.4 is 9.47 Å². The molecule has 11 heteroatoms. The van der Waals surface area contributed by atoms with E-state index in [1.807, 2.05) is 0 Å². The number of nitrogens with zero attached hydrogens (tertiary/aromatic N) is 2. The number of hydrogen-bond acceptors (Lipinski definition) is 7. The molecule has 0 radical (unpaired) electrons. The minimum atomic E-state index is -1.24. The molecule has 0 unspecified atom stereocenters. The van der Waals surface area contributed by atoms with E-state index in [2.05, 4.69) is 5.16 Å². The molecule has 0 heterocycles. The van der Waals surface area contributed by atoms with Gasteiger partial charge in [0.2, 0.25) is 0 Å². The van der Waals surface area contributed by atoms with Gasteiger partial charge in [-0.05, 0) is 24.6 Å². The Balaban J connectivity index is 1.78. The van der Waals surface area contributed by atoms with Crippen molar-refractivity contribution >= 4 is 40.6 Å². The average Bonchev–Trinajstić information content (AvgIpc) is 2.81. The van der Waals surface area contributed by atoms with Crippen LogP contribution in [0.25, 0.3) is 0 Å². The zero-order chi connectivity index (χ0) is 24.7. The quantitative estimate of drug-likeness (QED) is 0.201. The normalized spacial score (nSPS) is 11.1. The van der Waals surface area contributed by atoms with E-state index >= 15 is 0 Å². The summed E-state index contributed by atoms with van der Waals surface area (Å²) in [5.41, 5.74) is 0.579. The van der Waals surface area contributed by atoms with Crippen molar-refractivity contribution in [3.05, 3.63) is 92.0 Å². The van der Waals surface area contributed by atoms with Gasteiger partial charge in [-0.1, -0.05) is 52.6 Å². The molecule has 3 aromatic rings. The van der Waals surface area contributed by atoms with Crippen LogP contribution in [0.3, 0.4) is 0 Å². The van der Waals surface area contributed by atoms with Gasteiger partial charge in [0, 0.05) is 29.8 Å². The Bertz CT molecular complexity index is 1210. The molecular weight excluding hydrogens is 487 g/mol. The van der Waals surface area contributed by atoms with Crippen LogP contribution in [0.1, 0.15) is 18.1 Å². The lowest BCUT2D eigenvalue weighted by Gasteiger charge is -2.14. The Hall–Kier alpha value is -3.82. The third-order valence-corrected chi connectivity index (χ3v) is 4.96. The minimum absolute atomic E-state index is 0.00378. The van der Waals surface area contributed by atoms with Gasteiger partial charge in [-0.3, -0.25) is 10.1 Å². The predicted octanol–water partition coefficient (Wildman–Crippen LogP) is 6.10. The third kappa shape index (κ3) is 6.15. The number of carboxylic acids is 1. The van der Waals surface area contributed by atoms with Gasteiger partial charge in [0.1, 0.15) is 24.7 Å². The van der Waals surface area contributed by atoms with Crippen molar-refractivity contribution in [3.8, 4) is 17.2 Å². The van der Waals surface area contributed by atoms with Gasteiger partial charge in [-0.15, -0.1) is 0 Å². The fourth-order valence-corrected chi connectivity index (χ4v) is 3.39. The second-order valence-electron chi connectivity index (χ2n) is 6.68. The number of nitro groups is 1. The third-order valence-electron chi connectivity index (χ3n) is 4.39. The molecule has 176 valence electrons. The molecule has 0 aliphatic heterocycles. The van der Waals surface area contributed by atoms with Crippen molar-refractivity contribution in [2.75, 3.05) is 6.61 Å². The fraction of sp³-hybridized carbons (Fsp3) is 0.130. The van der Waals surface area contributed by atoms with E-state index in [1.165, 1.54) is 36.4 Å². The molecule has 0 aliphatic carbocycles. The van der Waals surface area contributed by atoms with Crippen molar-refractivity contribution in [2.24, 2.45) is 5.16 Å². The molecule has 0 atom stereocenters. The van der Waals surface area contributed by atoms with Gasteiger partial charge < -0.3 is 19.4 Å². The van der Waals surface area contributed by atoms with Gasteiger partial charge in [0.25, 0.3) is 5.69 Å². The second-order valence-corrected chi connectivity index (χ2v) is 7.49. The smallest absolute Gasteiger partial charge is 0.358 e. The van der Waals surface area contributed by atoms with Gasteiger partial charge in [0.15, 0.2) is 11.5 Å². The van der Waals surface area contributed by atoms with Crippen molar-refractivity contribution < 1.29 is 29.1 Å². The SMILES string of the molecule is CCON=C(C(=O)O)c1ccccc1COc1cc(Cl)c(Oc2ccc([N+](=O)[O-])cc2)c(Cl)c1. The van der Waals surface area contributed by atoms with Crippen molar-refractivity contribution in [2.45, 2.75) is 13.5 Å². The summed E-state index contributed by atoms with van der Waals surface area (Å²) in [5.74, 6) is -0.451. The molecular formula is C23H18Cl2N2O7. The summed E-state index contributed by atoms with van der Waals surface area (Å²) >= 11 is 12.6. The highest BCUT2D eigenvalue weighted by Gasteiger charge is 2.18. The summed E-state index contributed by atoms with van der Waals surface area (Å²) in [6.45, 7) is 1.92. The molecule has 34 heavy (non-hydrogen) atoms. The van der Waals surface area contributed by atoms with E-state index in [-0.39, 0.29) is 40.4 Å². The van der Waals surface area contributed by atoms with E-state index in [9.17, 15) is 20.0 Å². The van der Waals surface area contributed by atoms with Crippen LogP contribution >= 0.6 is 23.2 Å². The van der Waals surface area contributed by atoms with Crippen LogP contribution in [0.4, 0.5) is 5.69 Å². The molecule has 0 spiro atoms.